The summed E-state index contributed by atoms with van der Waals surface area (Å²) in [5, 5.41) is 11.0. The van der Waals surface area contributed by atoms with Crippen molar-refractivity contribution in [3.05, 3.63) is 34.1 Å². The molecule has 1 saturated heterocycles. The van der Waals surface area contributed by atoms with Crippen molar-refractivity contribution in [3.8, 4) is 0 Å². The van der Waals surface area contributed by atoms with Crippen molar-refractivity contribution in [1.29, 1.82) is 0 Å². The van der Waals surface area contributed by atoms with Crippen molar-refractivity contribution in [2.24, 2.45) is 5.73 Å². The Kier molecular flexibility index (Phi) is 3.76. The van der Waals surface area contributed by atoms with Crippen LogP contribution in [0, 0.1) is 15.9 Å². The van der Waals surface area contributed by atoms with Gasteiger partial charge in [-0.2, -0.15) is 0 Å². The predicted molar refractivity (Wildman–Crippen MR) is 67.1 cm³/mol. The number of benzene rings is 1. The molecule has 2 N–H and O–H groups in total. The summed E-state index contributed by atoms with van der Waals surface area (Å²) in [6.07, 6.45) is 2.98. The number of hydrogen-bond acceptors (Lipinski definition) is 4. The van der Waals surface area contributed by atoms with Gasteiger partial charge in [-0.15, -0.1) is 0 Å². The highest BCUT2D eigenvalue weighted by molar-refractivity contribution is 5.64. The SMILES string of the molecule is NCC1CCCCN1c1ccc(F)cc1[N+](=O)[O-]. The maximum Gasteiger partial charge on any atom is 0.295 e. The summed E-state index contributed by atoms with van der Waals surface area (Å²) in [5.41, 5.74) is 5.99. The number of anilines is 1. The molecule has 0 bridgehead atoms. The summed E-state index contributed by atoms with van der Waals surface area (Å²) in [7, 11) is 0. The predicted octanol–water partition coefficient (Wildman–Crippen LogP) is 2.05. The topological polar surface area (TPSA) is 72.4 Å². The second-order valence-corrected chi connectivity index (χ2v) is 4.47. The van der Waals surface area contributed by atoms with E-state index in [1.807, 2.05) is 4.90 Å². The van der Waals surface area contributed by atoms with Gasteiger partial charge >= 0.3 is 0 Å². The van der Waals surface area contributed by atoms with Crippen molar-refractivity contribution in [1.82, 2.24) is 0 Å². The van der Waals surface area contributed by atoms with E-state index < -0.39 is 10.7 Å². The van der Waals surface area contributed by atoms with Crippen molar-refractivity contribution >= 4 is 11.4 Å². The van der Waals surface area contributed by atoms with Crippen LogP contribution in [-0.2, 0) is 0 Å². The normalized spacial score (nSPS) is 19.9. The van der Waals surface area contributed by atoms with E-state index in [0.29, 0.717) is 12.2 Å². The second kappa shape index (κ2) is 5.30. The Morgan fingerprint density at radius 3 is 2.94 bits per heavy atom. The molecule has 1 fully saturated rings. The molecule has 0 radical (unpaired) electrons. The van der Waals surface area contributed by atoms with Crippen molar-refractivity contribution in [2.45, 2.75) is 25.3 Å². The van der Waals surface area contributed by atoms with Crippen molar-refractivity contribution < 1.29 is 9.31 Å². The molecule has 1 atom stereocenters. The van der Waals surface area contributed by atoms with Crippen LogP contribution in [-0.4, -0.2) is 24.1 Å². The first kappa shape index (κ1) is 12.8. The second-order valence-electron chi connectivity index (χ2n) is 4.47. The fraction of sp³-hybridized carbons (Fsp3) is 0.500. The molecular weight excluding hydrogens is 237 g/mol. The average molecular weight is 253 g/mol. The highest BCUT2D eigenvalue weighted by Gasteiger charge is 2.27. The highest BCUT2D eigenvalue weighted by Crippen LogP contribution is 2.33. The number of halogens is 1. The fourth-order valence-electron chi connectivity index (χ4n) is 2.45. The van der Waals surface area contributed by atoms with Crippen LogP contribution in [0.25, 0.3) is 0 Å². The van der Waals surface area contributed by atoms with Gasteiger partial charge in [0, 0.05) is 19.1 Å². The summed E-state index contributed by atoms with van der Waals surface area (Å²) in [6.45, 7) is 1.18. The Labute approximate surface area is 105 Å². The molecule has 0 saturated carbocycles. The molecule has 1 aliphatic heterocycles. The molecule has 1 unspecified atom stereocenters. The molecule has 6 heteroatoms. The van der Waals surface area contributed by atoms with Gasteiger partial charge in [0.05, 0.1) is 11.0 Å². The molecule has 5 nitrogen and oxygen atoms in total. The number of piperidine rings is 1. The first-order valence-electron chi connectivity index (χ1n) is 6.04. The smallest absolute Gasteiger partial charge is 0.295 e. The van der Waals surface area contributed by atoms with Crippen molar-refractivity contribution in [3.63, 3.8) is 0 Å². The zero-order valence-corrected chi connectivity index (χ0v) is 10.0. The number of nitrogens with two attached hydrogens (primary N) is 1. The Morgan fingerprint density at radius 1 is 1.50 bits per heavy atom. The lowest BCUT2D eigenvalue weighted by Gasteiger charge is -2.36. The van der Waals surface area contributed by atoms with Crippen LogP contribution in [0.1, 0.15) is 19.3 Å². The lowest BCUT2D eigenvalue weighted by atomic mass is 10.0. The van der Waals surface area contributed by atoms with E-state index in [1.54, 1.807) is 0 Å². The molecule has 0 spiro atoms. The Morgan fingerprint density at radius 2 is 2.28 bits per heavy atom. The number of nitro benzene ring substituents is 1. The molecule has 98 valence electrons. The van der Waals surface area contributed by atoms with Crippen LogP contribution in [0.2, 0.25) is 0 Å². The fourth-order valence-corrected chi connectivity index (χ4v) is 2.45. The number of rotatable bonds is 3. The Bertz CT molecular complexity index is 453. The highest BCUT2D eigenvalue weighted by atomic mass is 19.1. The lowest BCUT2D eigenvalue weighted by Crippen LogP contribution is -2.44. The number of nitro groups is 1. The zero-order chi connectivity index (χ0) is 13.1. The molecule has 1 aromatic carbocycles. The van der Waals surface area contributed by atoms with E-state index in [0.717, 1.165) is 31.9 Å². The monoisotopic (exact) mass is 253 g/mol. The maximum atomic E-state index is 13.1. The Balaban J connectivity index is 2.39. The molecule has 0 amide bonds. The third-order valence-corrected chi connectivity index (χ3v) is 3.34. The molecule has 0 aromatic heterocycles. The summed E-state index contributed by atoms with van der Waals surface area (Å²) in [6, 6.07) is 3.80. The summed E-state index contributed by atoms with van der Waals surface area (Å²) < 4.78 is 13.1. The summed E-state index contributed by atoms with van der Waals surface area (Å²) in [4.78, 5) is 12.4. The molecular formula is C12H16FN3O2. The third-order valence-electron chi connectivity index (χ3n) is 3.34. The molecule has 2 rings (SSSR count). The summed E-state index contributed by atoms with van der Waals surface area (Å²) in [5.74, 6) is -0.591. The van der Waals surface area contributed by atoms with Gasteiger partial charge in [0.15, 0.2) is 0 Å². The van der Waals surface area contributed by atoms with Crippen molar-refractivity contribution in [2.75, 3.05) is 18.0 Å². The maximum absolute atomic E-state index is 13.1. The van der Waals surface area contributed by atoms with E-state index in [-0.39, 0.29) is 11.7 Å². The van der Waals surface area contributed by atoms with E-state index in [1.165, 1.54) is 12.1 Å². The van der Waals surface area contributed by atoms with Crippen LogP contribution >= 0.6 is 0 Å². The molecule has 1 aliphatic rings. The Hall–Kier alpha value is -1.69. The van der Waals surface area contributed by atoms with Gasteiger partial charge in [-0.3, -0.25) is 10.1 Å². The van der Waals surface area contributed by atoms with Gasteiger partial charge in [-0.25, -0.2) is 4.39 Å². The zero-order valence-electron chi connectivity index (χ0n) is 10.0. The van der Waals surface area contributed by atoms with Crippen LogP contribution in [0.15, 0.2) is 18.2 Å². The third kappa shape index (κ3) is 2.43. The quantitative estimate of drug-likeness (QED) is 0.661. The molecule has 1 aromatic rings. The number of nitrogens with zero attached hydrogens (tertiary/aromatic N) is 2. The van der Waals surface area contributed by atoms with Gasteiger partial charge in [0.25, 0.3) is 5.69 Å². The van der Waals surface area contributed by atoms with Crippen LogP contribution < -0.4 is 10.6 Å². The van der Waals surface area contributed by atoms with E-state index in [4.69, 9.17) is 5.73 Å². The van der Waals surface area contributed by atoms with E-state index in [9.17, 15) is 14.5 Å². The molecule has 18 heavy (non-hydrogen) atoms. The number of hydrogen-bond donors (Lipinski definition) is 1. The largest absolute Gasteiger partial charge is 0.362 e. The first-order valence-corrected chi connectivity index (χ1v) is 6.04. The standard InChI is InChI=1S/C12H16FN3O2/c13-9-4-5-11(12(7-9)16(17)18)15-6-2-1-3-10(15)8-14/h4-5,7,10H,1-3,6,8,14H2. The van der Waals surface area contributed by atoms with Crippen LogP contribution in [0.4, 0.5) is 15.8 Å². The minimum absolute atomic E-state index is 0.0999. The van der Waals surface area contributed by atoms with E-state index >= 15 is 0 Å². The molecule has 1 heterocycles. The van der Waals surface area contributed by atoms with Gasteiger partial charge in [-0.1, -0.05) is 0 Å². The van der Waals surface area contributed by atoms with Crippen LogP contribution in [0.3, 0.4) is 0 Å². The van der Waals surface area contributed by atoms with Gasteiger partial charge in [0.1, 0.15) is 11.5 Å². The van der Waals surface area contributed by atoms with Gasteiger partial charge in [0.2, 0.25) is 0 Å². The average Bonchev–Trinajstić information content (AvgIpc) is 2.38. The lowest BCUT2D eigenvalue weighted by molar-refractivity contribution is -0.384. The van der Waals surface area contributed by atoms with Gasteiger partial charge in [-0.05, 0) is 31.4 Å². The van der Waals surface area contributed by atoms with Crippen LogP contribution in [0.5, 0.6) is 0 Å². The van der Waals surface area contributed by atoms with E-state index in [2.05, 4.69) is 0 Å². The molecule has 0 aliphatic carbocycles. The first-order chi connectivity index (χ1) is 8.63. The van der Waals surface area contributed by atoms with Gasteiger partial charge < -0.3 is 10.6 Å². The minimum atomic E-state index is -0.591. The minimum Gasteiger partial charge on any atom is -0.362 e. The summed E-state index contributed by atoms with van der Waals surface area (Å²) >= 11 is 0.